The largest absolute Gasteiger partial charge is 0.265 e. The number of pyridine rings is 2. The molecule has 3 nitrogen and oxygen atoms in total. The van der Waals surface area contributed by atoms with Gasteiger partial charge in [-0.3, -0.25) is 9.97 Å². The van der Waals surface area contributed by atoms with Gasteiger partial charge in [-0.05, 0) is 60.2 Å². The van der Waals surface area contributed by atoms with Crippen molar-refractivity contribution < 1.29 is 0 Å². The molecule has 0 aliphatic rings. The maximum atomic E-state index is 9.51. The molecule has 0 amide bonds. The molecule has 3 heteroatoms. The van der Waals surface area contributed by atoms with E-state index in [0.29, 0.717) is 11.5 Å². The van der Waals surface area contributed by atoms with Crippen molar-refractivity contribution in [1.29, 1.82) is 5.26 Å². The van der Waals surface area contributed by atoms with Crippen LogP contribution in [0.1, 0.15) is 31.5 Å². The Labute approximate surface area is 136 Å². The maximum Gasteiger partial charge on any atom is 0.0999 e. The highest BCUT2D eigenvalue weighted by atomic mass is 14.7. The number of aryl methyl sites for hydroxylation is 1. The molecule has 0 fully saturated rings. The molecule has 23 heavy (non-hydrogen) atoms. The van der Waals surface area contributed by atoms with Crippen LogP contribution in [0.2, 0.25) is 0 Å². The number of rotatable bonds is 4. The fourth-order valence-electron chi connectivity index (χ4n) is 2.66. The van der Waals surface area contributed by atoms with Gasteiger partial charge in [-0.25, -0.2) is 0 Å². The van der Waals surface area contributed by atoms with Gasteiger partial charge in [-0.15, -0.1) is 0 Å². The third-order valence-electron chi connectivity index (χ3n) is 3.97. The Balaban J connectivity index is 2.06. The van der Waals surface area contributed by atoms with E-state index in [9.17, 15) is 5.26 Å². The monoisotopic (exact) mass is 301 g/mol. The smallest absolute Gasteiger partial charge is 0.0999 e. The van der Waals surface area contributed by atoms with Crippen LogP contribution in [0.5, 0.6) is 0 Å². The Kier molecular flexibility index (Phi) is 4.34. The molecule has 3 rings (SSSR count). The minimum atomic E-state index is 0.632. The van der Waals surface area contributed by atoms with Crippen LogP contribution >= 0.6 is 0 Å². The van der Waals surface area contributed by atoms with Crippen molar-refractivity contribution in [3.05, 3.63) is 60.0 Å². The second-order valence-electron chi connectivity index (χ2n) is 6.17. The molecule has 0 saturated heterocycles. The highest BCUT2D eigenvalue weighted by molar-refractivity contribution is 5.89. The summed E-state index contributed by atoms with van der Waals surface area (Å²) in [4.78, 5) is 8.78. The molecule has 1 aromatic carbocycles. The van der Waals surface area contributed by atoms with Gasteiger partial charge in [0.25, 0.3) is 0 Å². The summed E-state index contributed by atoms with van der Waals surface area (Å²) in [7, 11) is 0. The van der Waals surface area contributed by atoms with Gasteiger partial charge in [0.15, 0.2) is 0 Å². The molecular weight excluding hydrogens is 282 g/mol. The zero-order valence-corrected chi connectivity index (χ0v) is 13.5. The van der Waals surface area contributed by atoms with Crippen LogP contribution in [0.25, 0.3) is 22.0 Å². The van der Waals surface area contributed by atoms with E-state index in [4.69, 9.17) is 4.98 Å². The highest BCUT2D eigenvalue weighted by Gasteiger charge is 2.08. The van der Waals surface area contributed by atoms with Crippen molar-refractivity contribution in [3.8, 4) is 17.2 Å². The Morgan fingerprint density at radius 1 is 1.04 bits per heavy atom. The van der Waals surface area contributed by atoms with E-state index in [0.717, 1.165) is 40.6 Å². The predicted molar refractivity (Wildman–Crippen MR) is 92.8 cm³/mol. The summed E-state index contributed by atoms with van der Waals surface area (Å²) in [5, 5.41) is 10.4. The van der Waals surface area contributed by atoms with E-state index in [1.165, 1.54) is 0 Å². The SMILES string of the molecule is CC(C)CCc1cc(C#N)c2cc(-c3ccncc3)ccc2n1. The van der Waals surface area contributed by atoms with Gasteiger partial charge in [0, 0.05) is 23.5 Å². The predicted octanol–water partition coefficient (Wildman–Crippen LogP) is 4.76. The summed E-state index contributed by atoms with van der Waals surface area (Å²) in [5.41, 5.74) is 4.76. The summed E-state index contributed by atoms with van der Waals surface area (Å²) >= 11 is 0. The van der Waals surface area contributed by atoms with E-state index in [-0.39, 0.29) is 0 Å². The molecule has 0 unspecified atom stereocenters. The van der Waals surface area contributed by atoms with Gasteiger partial charge >= 0.3 is 0 Å². The fourth-order valence-corrected chi connectivity index (χ4v) is 2.66. The molecule has 114 valence electrons. The van der Waals surface area contributed by atoms with Gasteiger partial charge < -0.3 is 0 Å². The fraction of sp³-hybridized carbons (Fsp3) is 0.250. The molecule has 2 aromatic heterocycles. The first kappa shape index (κ1) is 15.2. The molecule has 2 heterocycles. The Bertz CT molecular complexity index is 861. The lowest BCUT2D eigenvalue weighted by Crippen LogP contribution is -1.97. The van der Waals surface area contributed by atoms with Gasteiger partial charge in [0.2, 0.25) is 0 Å². The first-order valence-electron chi connectivity index (χ1n) is 7.91. The highest BCUT2D eigenvalue weighted by Crippen LogP contribution is 2.26. The lowest BCUT2D eigenvalue weighted by atomic mass is 10.00. The number of hydrogen-bond donors (Lipinski definition) is 0. The second kappa shape index (κ2) is 6.58. The normalized spacial score (nSPS) is 10.9. The van der Waals surface area contributed by atoms with Crippen LogP contribution in [0.4, 0.5) is 0 Å². The van der Waals surface area contributed by atoms with Gasteiger partial charge in [-0.2, -0.15) is 5.26 Å². The molecule has 0 saturated carbocycles. The maximum absolute atomic E-state index is 9.51. The third kappa shape index (κ3) is 3.37. The first-order valence-corrected chi connectivity index (χ1v) is 7.91. The van der Waals surface area contributed by atoms with Gasteiger partial charge in [-0.1, -0.05) is 19.9 Å². The lowest BCUT2D eigenvalue weighted by Gasteiger charge is -2.09. The van der Waals surface area contributed by atoms with E-state index < -0.39 is 0 Å². The van der Waals surface area contributed by atoms with Gasteiger partial charge in [0.05, 0.1) is 17.1 Å². The molecule has 0 radical (unpaired) electrons. The lowest BCUT2D eigenvalue weighted by molar-refractivity contribution is 0.582. The zero-order chi connectivity index (χ0) is 16.2. The Morgan fingerprint density at radius 3 is 2.52 bits per heavy atom. The minimum absolute atomic E-state index is 0.632. The molecule has 0 bridgehead atoms. The van der Waals surface area contributed by atoms with E-state index in [1.807, 2.05) is 30.3 Å². The summed E-state index contributed by atoms with van der Waals surface area (Å²) in [6, 6.07) is 14.3. The molecule has 0 aliphatic heterocycles. The first-order chi connectivity index (χ1) is 11.2. The van der Waals surface area contributed by atoms with Crippen LogP contribution in [-0.4, -0.2) is 9.97 Å². The zero-order valence-electron chi connectivity index (χ0n) is 13.5. The average Bonchev–Trinajstić information content (AvgIpc) is 2.59. The van der Waals surface area contributed by atoms with Crippen LogP contribution in [-0.2, 0) is 6.42 Å². The van der Waals surface area contributed by atoms with Crippen LogP contribution in [0, 0.1) is 17.2 Å². The summed E-state index contributed by atoms with van der Waals surface area (Å²) in [5.74, 6) is 0.632. The summed E-state index contributed by atoms with van der Waals surface area (Å²) in [6.07, 6.45) is 5.54. The van der Waals surface area contributed by atoms with Crippen LogP contribution < -0.4 is 0 Å². The van der Waals surface area contributed by atoms with Crippen molar-refractivity contribution in [2.75, 3.05) is 0 Å². The molecule has 3 aromatic rings. The Morgan fingerprint density at radius 2 is 1.83 bits per heavy atom. The number of nitriles is 1. The molecule has 0 aliphatic carbocycles. The number of aromatic nitrogens is 2. The minimum Gasteiger partial charge on any atom is -0.265 e. The van der Waals surface area contributed by atoms with Crippen molar-refractivity contribution in [2.24, 2.45) is 5.92 Å². The van der Waals surface area contributed by atoms with Gasteiger partial charge in [0.1, 0.15) is 0 Å². The average molecular weight is 301 g/mol. The Hall–Kier alpha value is -2.73. The van der Waals surface area contributed by atoms with Crippen molar-refractivity contribution >= 4 is 10.9 Å². The summed E-state index contributed by atoms with van der Waals surface area (Å²) in [6.45, 7) is 4.40. The van der Waals surface area contributed by atoms with E-state index >= 15 is 0 Å². The molecular formula is C20H19N3. The number of nitrogens with zero attached hydrogens (tertiary/aromatic N) is 3. The third-order valence-corrected chi connectivity index (χ3v) is 3.97. The van der Waals surface area contributed by atoms with Crippen LogP contribution in [0.3, 0.4) is 0 Å². The number of fused-ring (bicyclic) bond motifs is 1. The van der Waals surface area contributed by atoms with E-state index in [1.54, 1.807) is 12.4 Å². The van der Waals surface area contributed by atoms with Crippen molar-refractivity contribution in [1.82, 2.24) is 9.97 Å². The van der Waals surface area contributed by atoms with Crippen molar-refractivity contribution in [2.45, 2.75) is 26.7 Å². The standard InChI is InChI=1S/C20H19N3/c1-14(2)3-5-18-11-17(13-21)19-12-16(4-6-20(19)23-18)15-7-9-22-10-8-15/h4,6-12,14H,3,5H2,1-2H3. The second-order valence-corrected chi connectivity index (χ2v) is 6.17. The molecule has 0 atom stereocenters. The number of benzene rings is 1. The quantitative estimate of drug-likeness (QED) is 0.698. The number of hydrogen-bond acceptors (Lipinski definition) is 3. The topological polar surface area (TPSA) is 49.6 Å². The van der Waals surface area contributed by atoms with E-state index in [2.05, 4.69) is 31.0 Å². The molecule has 0 spiro atoms. The summed E-state index contributed by atoms with van der Waals surface area (Å²) < 4.78 is 0. The van der Waals surface area contributed by atoms with Crippen LogP contribution in [0.15, 0.2) is 48.8 Å². The van der Waals surface area contributed by atoms with Crippen molar-refractivity contribution in [3.63, 3.8) is 0 Å². The molecule has 0 N–H and O–H groups in total.